The second-order valence-corrected chi connectivity index (χ2v) is 9.22. The number of benzene rings is 2. The molecule has 1 aliphatic rings. The highest BCUT2D eigenvalue weighted by atomic mass is 19.1. The summed E-state index contributed by atoms with van der Waals surface area (Å²) in [5.74, 6) is 0.957. The van der Waals surface area contributed by atoms with Gasteiger partial charge in [0.25, 0.3) is 0 Å². The highest BCUT2D eigenvalue weighted by Gasteiger charge is 2.32. The lowest BCUT2D eigenvalue weighted by atomic mass is 10.0. The van der Waals surface area contributed by atoms with E-state index in [1.807, 2.05) is 24.3 Å². The Morgan fingerprint density at radius 3 is 2.31 bits per heavy atom. The zero-order valence-electron chi connectivity index (χ0n) is 19.2. The summed E-state index contributed by atoms with van der Waals surface area (Å²) in [6, 6.07) is 13.5. The summed E-state index contributed by atoms with van der Waals surface area (Å²) in [4.78, 5) is 6.08. The van der Waals surface area contributed by atoms with Crippen molar-refractivity contribution in [3.05, 3.63) is 65.5 Å². The van der Waals surface area contributed by atoms with Crippen molar-refractivity contribution in [2.75, 3.05) is 26.7 Å². The molecule has 6 nitrogen and oxygen atoms in total. The van der Waals surface area contributed by atoms with Crippen LogP contribution in [0.3, 0.4) is 0 Å². The fourth-order valence-corrected chi connectivity index (χ4v) is 3.77. The number of halogens is 1. The molecule has 0 aliphatic carbocycles. The molecule has 0 aromatic heterocycles. The van der Waals surface area contributed by atoms with Crippen molar-refractivity contribution >= 4 is 6.02 Å². The third-order valence-corrected chi connectivity index (χ3v) is 5.74. The molecule has 0 unspecified atom stereocenters. The van der Waals surface area contributed by atoms with Gasteiger partial charge in [0.05, 0.1) is 26.2 Å². The molecule has 0 atom stereocenters. The maximum absolute atomic E-state index is 13.3. The third kappa shape index (κ3) is 7.21. The van der Waals surface area contributed by atoms with E-state index in [0.717, 1.165) is 16.9 Å². The van der Waals surface area contributed by atoms with E-state index in [1.165, 1.54) is 12.1 Å². The zero-order valence-corrected chi connectivity index (χ0v) is 19.2. The van der Waals surface area contributed by atoms with E-state index in [2.05, 4.69) is 18.8 Å². The molecule has 3 rings (SSSR count). The first-order valence-electron chi connectivity index (χ1n) is 11.2. The topological polar surface area (TPSA) is 68.1 Å². The molecule has 1 fully saturated rings. The third-order valence-electron chi connectivity index (χ3n) is 5.74. The Bertz CT molecular complexity index is 872. The van der Waals surface area contributed by atoms with Crippen molar-refractivity contribution in [3.8, 4) is 5.75 Å². The van der Waals surface area contributed by atoms with Crippen molar-refractivity contribution in [1.29, 1.82) is 0 Å². The summed E-state index contributed by atoms with van der Waals surface area (Å²) in [7, 11) is 1.78. The minimum Gasteiger partial charge on any atom is -0.846 e. The van der Waals surface area contributed by atoms with Crippen LogP contribution < -0.4 is 9.84 Å². The van der Waals surface area contributed by atoms with Gasteiger partial charge in [0.15, 0.2) is 0 Å². The van der Waals surface area contributed by atoms with Crippen molar-refractivity contribution in [2.24, 2.45) is 10.9 Å². The van der Waals surface area contributed by atoms with E-state index >= 15 is 0 Å². The molecule has 1 N–H and O–H groups in total. The highest BCUT2D eigenvalue weighted by Crippen LogP contribution is 2.22. The number of nitrogens with zero attached hydrogens (tertiary/aromatic N) is 3. The maximum Gasteiger partial charge on any atom is 0.123 e. The first kappa shape index (κ1) is 24.0. The van der Waals surface area contributed by atoms with Gasteiger partial charge < -0.3 is 14.7 Å². The van der Waals surface area contributed by atoms with Gasteiger partial charge in [-0.25, -0.2) is 9.60 Å². The number of quaternary nitrogens is 1. The maximum atomic E-state index is 13.3. The van der Waals surface area contributed by atoms with Crippen LogP contribution in [0.2, 0.25) is 0 Å². The predicted molar refractivity (Wildman–Crippen MR) is 121 cm³/mol. The second-order valence-electron chi connectivity index (χ2n) is 9.22. The minimum absolute atomic E-state index is 0.0125. The van der Waals surface area contributed by atoms with E-state index in [1.54, 1.807) is 24.1 Å². The van der Waals surface area contributed by atoms with Gasteiger partial charge >= 0.3 is 0 Å². The summed E-state index contributed by atoms with van der Waals surface area (Å²) >= 11 is 0. The Morgan fingerprint density at radius 1 is 1.12 bits per heavy atom. The number of amidine groups is 1. The Kier molecular flexibility index (Phi) is 8.10. The average Bonchev–Trinajstić information content (AvgIpc) is 2.76. The van der Waals surface area contributed by atoms with Crippen LogP contribution >= 0.6 is 0 Å². The lowest BCUT2D eigenvalue weighted by Crippen LogP contribution is -2.55. The Morgan fingerprint density at radius 2 is 1.72 bits per heavy atom. The SMILES string of the molecule is CC(C)COc1ccc(CN=C([O-])N(Cc2ccc(F)cc2)C2CC[N+](C)(O)CC2)cc1. The van der Waals surface area contributed by atoms with Crippen molar-refractivity contribution in [1.82, 2.24) is 4.90 Å². The fourth-order valence-electron chi connectivity index (χ4n) is 3.77. The number of hydrogen-bond donors (Lipinski definition) is 1. The van der Waals surface area contributed by atoms with Gasteiger partial charge in [-0.1, -0.05) is 38.1 Å². The molecule has 1 saturated heterocycles. The Hall–Kier alpha value is -2.64. The number of hydrogen-bond acceptors (Lipinski definition) is 4. The van der Waals surface area contributed by atoms with Crippen LogP contribution in [0.5, 0.6) is 5.75 Å². The van der Waals surface area contributed by atoms with Crippen molar-refractivity contribution in [3.63, 3.8) is 0 Å². The van der Waals surface area contributed by atoms with Crippen molar-refractivity contribution in [2.45, 2.75) is 45.8 Å². The van der Waals surface area contributed by atoms with Gasteiger partial charge in [0, 0.05) is 25.4 Å². The number of likely N-dealkylation sites (tertiary alicyclic amines) is 1. The molecule has 7 heteroatoms. The van der Waals surface area contributed by atoms with Crippen LogP contribution in [-0.4, -0.2) is 53.6 Å². The molecule has 32 heavy (non-hydrogen) atoms. The number of ether oxygens (including phenoxy) is 1. The van der Waals surface area contributed by atoms with Gasteiger partial charge in [0.2, 0.25) is 0 Å². The molecule has 2 aromatic rings. The number of hydroxylamine groups is 3. The molecule has 174 valence electrons. The van der Waals surface area contributed by atoms with E-state index in [-0.39, 0.29) is 29.1 Å². The smallest absolute Gasteiger partial charge is 0.123 e. The van der Waals surface area contributed by atoms with Gasteiger partial charge in [-0.3, -0.25) is 4.99 Å². The van der Waals surface area contributed by atoms with Crippen molar-refractivity contribution < 1.29 is 24.1 Å². The molecule has 0 saturated carbocycles. The number of rotatable bonds is 8. The monoisotopic (exact) mass is 443 g/mol. The molecule has 2 aromatic carbocycles. The molecule has 1 aliphatic heterocycles. The second kappa shape index (κ2) is 10.8. The van der Waals surface area contributed by atoms with E-state index in [4.69, 9.17) is 4.74 Å². The van der Waals surface area contributed by atoms with E-state index in [9.17, 15) is 14.7 Å². The highest BCUT2D eigenvalue weighted by molar-refractivity contribution is 5.69. The minimum atomic E-state index is -0.303. The molecule has 0 amide bonds. The lowest BCUT2D eigenvalue weighted by molar-refractivity contribution is -1.09. The summed E-state index contributed by atoms with van der Waals surface area (Å²) in [6.07, 6.45) is 1.38. The van der Waals surface area contributed by atoms with Crippen LogP contribution in [0.1, 0.15) is 37.8 Å². The molecule has 1 heterocycles. The molecule has 0 radical (unpaired) electrons. The molecule has 0 bridgehead atoms. The molecular weight excluding hydrogens is 409 g/mol. The van der Waals surface area contributed by atoms with E-state index < -0.39 is 0 Å². The summed E-state index contributed by atoms with van der Waals surface area (Å²) < 4.78 is 19.0. The first-order chi connectivity index (χ1) is 15.2. The first-order valence-corrected chi connectivity index (χ1v) is 11.2. The standard InChI is InChI=1S/C25H34FN3O3/c1-19(2)18-32-24-10-6-20(7-11-24)16-27-25(30)28(17-21-4-8-22(26)9-5-21)23-12-14-29(3,31)15-13-23/h4-11,19,23,31H,12-18H2,1-3H3. The molecular formula is C25H34FN3O3. The zero-order chi connectivity index (χ0) is 23.1. The van der Waals surface area contributed by atoms with Crippen LogP contribution in [0.4, 0.5) is 4.39 Å². The predicted octanol–water partition coefficient (Wildman–Crippen LogP) is 3.58. The average molecular weight is 444 g/mol. The quantitative estimate of drug-likeness (QED) is 0.385. The largest absolute Gasteiger partial charge is 0.846 e. The molecule has 0 spiro atoms. The fraction of sp³-hybridized carbons (Fsp3) is 0.480. The van der Waals surface area contributed by atoms with Gasteiger partial charge in [-0.15, -0.1) is 0 Å². The van der Waals surface area contributed by atoms with Gasteiger partial charge in [-0.05, 0) is 41.3 Å². The van der Waals surface area contributed by atoms with Gasteiger partial charge in [-0.2, -0.15) is 4.65 Å². The Labute approximate surface area is 190 Å². The summed E-state index contributed by atoms with van der Waals surface area (Å²) in [6.45, 7) is 6.67. The van der Waals surface area contributed by atoms with Crippen LogP contribution in [0.15, 0.2) is 53.5 Å². The van der Waals surface area contributed by atoms with Crippen LogP contribution in [0.25, 0.3) is 0 Å². The normalized spacial score (nSPS) is 21.6. The van der Waals surface area contributed by atoms with Gasteiger partial charge in [0.1, 0.15) is 24.7 Å². The van der Waals surface area contributed by atoms with Crippen LogP contribution in [-0.2, 0) is 13.1 Å². The number of piperidine rings is 1. The number of aliphatic imine (C=N–C) groups is 1. The van der Waals surface area contributed by atoms with Crippen LogP contribution in [0, 0.1) is 11.7 Å². The summed E-state index contributed by atoms with van der Waals surface area (Å²) in [5, 5.41) is 23.3. The summed E-state index contributed by atoms with van der Waals surface area (Å²) in [5.41, 5.74) is 1.79. The Balaban J connectivity index is 1.69. The van der Waals surface area contributed by atoms with E-state index in [0.29, 0.717) is 45.0 Å². The lowest BCUT2D eigenvalue weighted by Gasteiger charge is -2.42.